The highest BCUT2D eigenvalue weighted by Gasteiger charge is 2.34. The molecule has 3 N–H and O–H groups in total. The van der Waals surface area contributed by atoms with Gasteiger partial charge in [0.05, 0.1) is 13.2 Å². The number of thiophene rings is 1. The molecule has 6 heteroatoms. The molecule has 2 rings (SSSR count). The number of nitrogens with one attached hydrogen (secondary N) is 2. The Morgan fingerprint density at radius 1 is 1.48 bits per heavy atom. The molecule has 1 unspecified atom stereocenters. The van der Waals surface area contributed by atoms with Crippen molar-refractivity contribution in [3.8, 4) is 0 Å². The molecule has 0 aliphatic carbocycles. The van der Waals surface area contributed by atoms with Gasteiger partial charge in [0.25, 0.3) is 0 Å². The molecule has 0 saturated carbocycles. The summed E-state index contributed by atoms with van der Waals surface area (Å²) in [5.41, 5.74) is 0.0336. The number of aliphatic hydroxyl groups is 1. The minimum absolute atomic E-state index is 0.0336. The quantitative estimate of drug-likeness (QED) is 0.550. The Balaban J connectivity index is 1.81. The van der Waals surface area contributed by atoms with Crippen LogP contribution in [-0.2, 0) is 11.3 Å². The van der Waals surface area contributed by atoms with Crippen LogP contribution in [0.5, 0.6) is 0 Å². The molecular weight excluding hydrogens is 286 g/mol. The number of nitrogens with zero attached hydrogens (tertiary/aromatic N) is 1. The Morgan fingerprint density at radius 2 is 2.33 bits per heavy atom. The molecule has 1 aliphatic rings. The zero-order valence-corrected chi connectivity index (χ0v) is 13.6. The maximum atomic E-state index is 9.24. The van der Waals surface area contributed by atoms with Crippen molar-refractivity contribution in [1.82, 2.24) is 10.6 Å². The van der Waals surface area contributed by atoms with Gasteiger partial charge in [-0.1, -0.05) is 0 Å². The van der Waals surface area contributed by atoms with Gasteiger partial charge in [0, 0.05) is 42.0 Å². The van der Waals surface area contributed by atoms with Crippen LogP contribution in [0.4, 0.5) is 0 Å². The first kappa shape index (κ1) is 16.3. The minimum atomic E-state index is 0.0336. The number of guanidine groups is 1. The van der Waals surface area contributed by atoms with Crippen LogP contribution in [0.25, 0.3) is 0 Å². The molecule has 0 bridgehead atoms. The summed E-state index contributed by atoms with van der Waals surface area (Å²) in [6.07, 6.45) is 1.75. The van der Waals surface area contributed by atoms with Crippen molar-refractivity contribution in [2.75, 3.05) is 33.4 Å². The van der Waals surface area contributed by atoms with Gasteiger partial charge in [-0.25, -0.2) is 0 Å². The predicted octanol–water partition coefficient (Wildman–Crippen LogP) is 1.51. The Bertz CT molecular complexity index is 467. The second kappa shape index (κ2) is 7.77. The zero-order valence-electron chi connectivity index (χ0n) is 12.8. The number of aliphatic hydroxyl groups excluding tert-OH is 1. The second-order valence-electron chi connectivity index (χ2n) is 5.57. The number of hydrogen-bond acceptors (Lipinski definition) is 4. The van der Waals surface area contributed by atoms with Crippen LogP contribution in [0.1, 0.15) is 22.6 Å². The van der Waals surface area contributed by atoms with Crippen molar-refractivity contribution in [1.29, 1.82) is 0 Å². The lowest BCUT2D eigenvalue weighted by Crippen LogP contribution is -2.44. The van der Waals surface area contributed by atoms with E-state index in [0.29, 0.717) is 6.61 Å². The van der Waals surface area contributed by atoms with Gasteiger partial charge in [-0.05, 0) is 31.9 Å². The zero-order chi connectivity index (χ0) is 15.1. The Hall–Kier alpha value is -1.11. The summed E-state index contributed by atoms with van der Waals surface area (Å²) in [6.45, 7) is 5.35. The van der Waals surface area contributed by atoms with Gasteiger partial charge >= 0.3 is 0 Å². The SMILES string of the molecule is CN=C(NCc1ccc(C)s1)NCC1(CCO)CCOC1. The fourth-order valence-electron chi connectivity index (χ4n) is 2.55. The third-order valence-electron chi connectivity index (χ3n) is 3.91. The van der Waals surface area contributed by atoms with Crippen molar-refractivity contribution < 1.29 is 9.84 Å². The standard InChI is InChI=1S/C15H25N3O2S/c1-12-3-4-13(21-12)9-17-14(16-2)18-10-15(5-7-19)6-8-20-11-15/h3-4,19H,5-11H2,1-2H3,(H2,16,17,18). The lowest BCUT2D eigenvalue weighted by molar-refractivity contribution is 0.127. The summed E-state index contributed by atoms with van der Waals surface area (Å²) >= 11 is 1.79. The van der Waals surface area contributed by atoms with Crippen LogP contribution in [0.15, 0.2) is 17.1 Å². The molecule has 1 atom stereocenters. The van der Waals surface area contributed by atoms with Crippen molar-refractivity contribution in [3.05, 3.63) is 21.9 Å². The largest absolute Gasteiger partial charge is 0.396 e. The predicted molar refractivity (Wildman–Crippen MR) is 86.8 cm³/mol. The number of ether oxygens (including phenoxy) is 1. The number of aliphatic imine (C=N–C) groups is 1. The summed E-state index contributed by atoms with van der Waals surface area (Å²) in [5.74, 6) is 0.797. The molecule has 1 aliphatic heterocycles. The summed E-state index contributed by atoms with van der Waals surface area (Å²) in [5, 5.41) is 15.9. The van der Waals surface area contributed by atoms with Gasteiger partial charge < -0.3 is 20.5 Å². The van der Waals surface area contributed by atoms with E-state index in [1.807, 2.05) is 0 Å². The van der Waals surface area contributed by atoms with E-state index >= 15 is 0 Å². The van der Waals surface area contributed by atoms with E-state index in [1.165, 1.54) is 9.75 Å². The van der Waals surface area contributed by atoms with Crippen LogP contribution < -0.4 is 10.6 Å². The smallest absolute Gasteiger partial charge is 0.191 e. The van der Waals surface area contributed by atoms with Gasteiger partial charge in [0.1, 0.15) is 0 Å². The average Bonchev–Trinajstić information content (AvgIpc) is 3.09. The number of hydrogen-bond donors (Lipinski definition) is 3. The molecule has 0 amide bonds. The fraction of sp³-hybridized carbons (Fsp3) is 0.667. The number of rotatable bonds is 6. The summed E-state index contributed by atoms with van der Waals surface area (Å²) in [6, 6.07) is 4.27. The van der Waals surface area contributed by atoms with Crippen LogP contribution in [0.3, 0.4) is 0 Å². The maximum absolute atomic E-state index is 9.24. The molecule has 1 saturated heterocycles. The average molecular weight is 311 g/mol. The van der Waals surface area contributed by atoms with Gasteiger partial charge in [-0.15, -0.1) is 11.3 Å². The van der Waals surface area contributed by atoms with E-state index < -0.39 is 0 Å². The molecule has 5 nitrogen and oxygen atoms in total. The van der Waals surface area contributed by atoms with Crippen molar-refractivity contribution >= 4 is 17.3 Å². The molecule has 118 valence electrons. The Morgan fingerprint density at radius 3 is 2.90 bits per heavy atom. The van der Waals surface area contributed by atoms with Gasteiger partial charge in [0.15, 0.2) is 5.96 Å². The van der Waals surface area contributed by atoms with E-state index in [1.54, 1.807) is 18.4 Å². The van der Waals surface area contributed by atoms with Gasteiger partial charge in [-0.2, -0.15) is 0 Å². The summed E-state index contributed by atoms with van der Waals surface area (Å²) < 4.78 is 5.50. The Labute approximate surface area is 130 Å². The molecule has 1 aromatic rings. The van der Waals surface area contributed by atoms with Crippen LogP contribution >= 0.6 is 11.3 Å². The normalized spacial score (nSPS) is 22.5. The molecule has 1 aromatic heterocycles. The summed E-state index contributed by atoms with van der Waals surface area (Å²) in [4.78, 5) is 6.87. The maximum Gasteiger partial charge on any atom is 0.191 e. The first-order valence-electron chi connectivity index (χ1n) is 7.36. The van der Waals surface area contributed by atoms with E-state index in [9.17, 15) is 5.11 Å². The van der Waals surface area contributed by atoms with E-state index in [-0.39, 0.29) is 12.0 Å². The van der Waals surface area contributed by atoms with Crippen LogP contribution in [0.2, 0.25) is 0 Å². The molecule has 1 fully saturated rings. The molecule has 0 radical (unpaired) electrons. The molecule has 0 spiro atoms. The van der Waals surface area contributed by atoms with Gasteiger partial charge in [0.2, 0.25) is 0 Å². The van der Waals surface area contributed by atoms with Crippen molar-refractivity contribution in [2.45, 2.75) is 26.3 Å². The summed E-state index contributed by atoms with van der Waals surface area (Å²) in [7, 11) is 1.78. The minimum Gasteiger partial charge on any atom is -0.396 e. The van der Waals surface area contributed by atoms with Crippen LogP contribution in [0, 0.1) is 12.3 Å². The molecule has 2 heterocycles. The third kappa shape index (κ3) is 4.69. The van der Waals surface area contributed by atoms with Crippen molar-refractivity contribution in [2.24, 2.45) is 10.4 Å². The monoisotopic (exact) mass is 311 g/mol. The van der Waals surface area contributed by atoms with E-state index in [2.05, 4.69) is 34.7 Å². The Kier molecular flexibility index (Phi) is 6.02. The number of aryl methyl sites for hydroxylation is 1. The highest BCUT2D eigenvalue weighted by Crippen LogP contribution is 2.31. The topological polar surface area (TPSA) is 65.9 Å². The van der Waals surface area contributed by atoms with Crippen LogP contribution in [-0.4, -0.2) is 44.5 Å². The fourth-order valence-corrected chi connectivity index (χ4v) is 3.38. The molecule has 21 heavy (non-hydrogen) atoms. The first-order chi connectivity index (χ1) is 10.2. The second-order valence-corrected chi connectivity index (χ2v) is 6.94. The highest BCUT2D eigenvalue weighted by atomic mass is 32.1. The molecule has 0 aromatic carbocycles. The highest BCUT2D eigenvalue weighted by molar-refractivity contribution is 7.11. The first-order valence-corrected chi connectivity index (χ1v) is 8.17. The van der Waals surface area contributed by atoms with Crippen molar-refractivity contribution in [3.63, 3.8) is 0 Å². The van der Waals surface area contributed by atoms with Gasteiger partial charge in [-0.3, -0.25) is 4.99 Å². The van der Waals surface area contributed by atoms with E-state index in [4.69, 9.17) is 4.74 Å². The third-order valence-corrected chi connectivity index (χ3v) is 4.91. The molecular formula is C15H25N3O2S. The lowest BCUT2D eigenvalue weighted by Gasteiger charge is -2.27. The lowest BCUT2D eigenvalue weighted by atomic mass is 9.84. The van der Waals surface area contributed by atoms with E-state index in [0.717, 1.165) is 38.5 Å².